The number of alkyl halides is 1. The van der Waals surface area contributed by atoms with E-state index >= 15 is 0 Å². The van der Waals surface area contributed by atoms with E-state index in [1.165, 1.54) is 5.56 Å². The van der Waals surface area contributed by atoms with Crippen molar-refractivity contribution in [1.29, 1.82) is 0 Å². The van der Waals surface area contributed by atoms with Crippen LogP contribution in [0.25, 0.3) is 33.6 Å². The third kappa shape index (κ3) is 8.68. The fraction of sp³-hybridized carbons (Fsp3) is 0.407. The zero-order valence-corrected chi connectivity index (χ0v) is 38.4. The smallest absolute Gasteiger partial charge is 0.245 e. The Hall–Kier alpha value is -5.91. The molecule has 11 heteroatoms. The van der Waals surface area contributed by atoms with Crippen LogP contribution < -0.4 is 4.90 Å². The molecule has 65 heavy (non-hydrogen) atoms. The van der Waals surface area contributed by atoms with Gasteiger partial charge in [-0.05, 0) is 98.9 Å². The van der Waals surface area contributed by atoms with Crippen molar-refractivity contribution < 1.29 is 14.0 Å². The Morgan fingerprint density at radius 1 is 0.692 bits per heavy atom. The normalized spacial score (nSPS) is 18.2. The second-order valence-corrected chi connectivity index (χ2v) is 17.8. The van der Waals surface area contributed by atoms with E-state index in [1.807, 2.05) is 65.6 Å². The van der Waals surface area contributed by atoms with E-state index in [1.54, 1.807) is 0 Å². The van der Waals surface area contributed by atoms with Gasteiger partial charge in [-0.2, -0.15) is 0 Å². The third-order valence-corrected chi connectivity index (χ3v) is 14.2. The number of carbonyl (C=O) groups excluding carboxylic acids is 2. The number of nitrogens with zero attached hydrogens (tertiary/aromatic N) is 6. The van der Waals surface area contributed by atoms with Crippen LogP contribution in [-0.4, -0.2) is 91.6 Å². The molecule has 4 heterocycles. The molecular formula is C54H63FN8O2. The van der Waals surface area contributed by atoms with Crippen LogP contribution in [-0.2, 0) is 29.1 Å². The zero-order chi connectivity index (χ0) is 45.0. The summed E-state index contributed by atoms with van der Waals surface area (Å²) in [6, 6.07) is 33.9. The first kappa shape index (κ1) is 44.3. The highest BCUT2D eigenvalue weighted by atomic mass is 19.1. The molecule has 9 rings (SSSR count). The first-order valence-corrected chi connectivity index (χ1v) is 24.0. The zero-order valence-electron chi connectivity index (χ0n) is 38.4. The Kier molecular flexibility index (Phi) is 13.4. The summed E-state index contributed by atoms with van der Waals surface area (Å²) >= 11 is 0. The van der Waals surface area contributed by atoms with E-state index < -0.39 is 12.7 Å². The number of hydrogen-bond acceptors (Lipinski definition) is 7. The molecule has 338 valence electrons. The van der Waals surface area contributed by atoms with Gasteiger partial charge in [0.2, 0.25) is 11.9 Å². The van der Waals surface area contributed by atoms with Crippen LogP contribution in [0.1, 0.15) is 112 Å². The predicted octanol–water partition coefficient (Wildman–Crippen LogP) is 10.5. The summed E-state index contributed by atoms with van der Waals surface area (Å²) in [4.78, 5) is 54.9. The van der Waals surface area contributed by atoms with Crippen molar-refractivity contribution in [2.75, 3.05) is 44.2 Å². The number of benzene rings is 4. The highest BCUT2D eigenvalue weighted by Gasteiger charge is 2.40. The third-order valence-electron chi connectivity index (χ3n) is 14.2. The number of nitrogens with one attached hydrogen (secondary N) is 2. The van der Waals surface area contributed by atoms with Gasteiger partial charge in [0, 0.05) is 29.9 Å². The number of aromatic amines is 2. The van der Waals surface area contributed by atoms with Gasteiger partial charge in [0.1, 0.15) is 18.5 Å². The molecule has 2 N–H and O–H groups in total. The number of anilines is 1. The largest absolute Gasteiger partial charge is 0.341 e. The van der Waals surface area contributed by atoms with Crippen LogP contribution in [0.2, 0.25) is 0 Å². The molecular weight excluding hydrogens is 812 g/mol. The second-order valence-electron chi connectivity index (χ2n) is 17.8. The fourth-order valence-electron chi connectivity index (χ4n) is 10.8. The van der Waals surface area contributed by atoms with Crippen molar-refractivity contribution >= 4 is 17.6 Å². The number of likely N-dealkylation sites (tertiary alicyclic amines) is 1. The van der Waals surface area contributed by atoms with Gasteiger partial charge < -0.3 is 19.8 Å². The molecule has 2 fully saturated rings. The number of H-pyrrole nitrogens is 2. The molecule has 1 amide bonds. The number of rotatable bonds is 16. The van der Waals surface area contributed by atoms with Crippen LogP contribution in [0.3, 0.4) is 0 Å². The van der Waals surface area contributed by atoms with E-state index in [2.05, 4.69) is 94.8 Å². The Morgan fingerprint density at radius 3 is 2.00 bits per heavy atom. The summed E-state index contributed by atoms with van der Waals surface area (Å²) in [6.45, 7) is 12.3. The molecule has 0 saturated carbocycles. The molecule has 10 nitrogen and oxygen atoms in total. The molecule has 4 atom stereocenters. The molecule has 4 aromatic carbocycles. The summed E-state index contributed by atoms with van der Waals surface area (Å²) in [5.41, 5.74) is 10.6. The lowest BCUT2D eigenvalue weighted by Gasteiger charge is -2.34. The van der Waals surface area contributed by atoms with Gasteiger partial charge >= 0.3 is 0 Å². The number of halogens is 1. The summed E-state index contributed by atoms with van der Waals surface area (Å²) in [7, 11) is 0. The van der Waals surface area contributed by atoms with Crippen LogP contribution >= 0.6 is 0 Å². The van der Waals surface area contributed by atoms with Crippen LogP contribution in [0.5, 0.6) is 0 Å². The Bertz CT molecular complexity index is 2560. The predicted molar refractivity (Wildman–Crippen MR) is 257 cm³/mol. The van der Waals surface area contributed by atoms with E-state index in [9.17, 15) is 14.0 Å². The van der Waals surface area contributed by atoms with Gasteiger partial charge in [-0.15, -0.1) is 0 Å². The number of Topliss-reactive ketones (excluding diaryl/α,β-unsaturated/α-hetero) is 1. The van der Waals surface area contributed by atoms with Crippen LogP contribution in [0.4, 0.5) is 10.3 Å². The van der Waals surface area contributed by atoms with Crippen molar-refractivity contribution in [2.24, 2.45) is 0 Å². The Labute approximate surface area is 383 Å². The number of aryl methyl sites for hydroxylation is 2. The maximum Gasteiger partial charge on any atom is 0.245 e. The first-order chi connectivity index (χ1) is 31.8. The average Bonchev–Trinajstić information content (AvgIpc) is 4.18. The number of imidazole rings is 2. The van der Waals surface area contributed by atoms with Crippen molar-refractivity contribution in [2.45, 2.75) is 103 Å². The summed E-state index contributed by atoms with van der Waals surface area (Å²) < 4.78 is 14.7. The topological polar surface area (TPSA) is 104 Å². The SMILES string of the molecule is CCN(CC)[C@@H](C(=O)C1CCCN1c1nc2c([nH]1)CCCc1cc(-c3ccc(-c4nc([C@@H]5CCCN5C(=O)[C@@H](c5ccccc5)N(CC)CC)[nH]c4CF)cc3)ccc1-2)c1ccccc1. The number of ketones is 1. The van der Waals surface area contributed by atoms with E-state index in [4.69, 9.17) is 9.97 Å². The summed E-state index contributed by atoms with van der Waals surface area (Å²) in [5, 5.41) is 0. The Balaban J connectivity index is 0.939. The monoisotopic (exact) mass is 875 g/mol. The van der Waals surface area contributed by atoms with E-state index in [-0.39, 0.29) is 29.8 Å². The molecule has 2 saturated heterocycles. The lowest BCUT2D eigenvalue weighted by Crippen LogP contribution is -2.45. The number of likely N-dealkylation sites (N-methyl/N-ethyl adjacent to an activating group) is 2. The molecule has 6 aromatic rings. The second kappa shape index (κ2) is 19.7. The van der Waals surface area contributed by atoms with Gasteiger partial charge in [-0.3, -0.25) is 19.4 Å². The summed E-state index contributed by atoms with van der Waals surface area (Å²) in [6.07, 6.45) is 6.21. The highest BCUT2D eigenvalue weighted by Crippen LogP contribution is 2.40. The maximum atomic E-state index is 14.7. The fourth-order valence-corrected chi connectivity index (χ4v) is 10.8. The maximum absolute atomic E-state index is 14.7. The highest BCUT2D eigenvalue weighted by molar-refractivity contribution is 5.93. The van der Waals surface area contributed by atoms with Crippen molar-refractivity contribution in [3.05, 3.63) is 137 Å². The van der Waals surface area contributed by atoms with Gasteiger partial charge in [0.15, 0.2) is 5.78 Å². The van der Waals surface area contributed by atoms with Gasteiger partial charge in [0.05, 0.1) is 35.2 Å². The molecule has 1 aliphatic carbocycles. The van der Waals surface area contributed by atoms with Gasteiger partial charge in [-0.25, -0.2) is 14.4 Å². The summed E-state index contributed by atoms with van der Waals surface area (Å²) in [5.74, 6) is 1.74. The minimum absolute atomic E-state index is 0.0616. The number of aromatic nitrogens is 4. The molecule has 2 aliphatic heterocycles. The van der Waals surface area contributed by atoms with Crippen molar-refractivity contribution in [3.63, 3.8) is 0 Å². The lowest BCUT2D eigenvalue weighted by molar-refractivity contribution is -0.138. The quantitative estimate of drug-likeness (QED) is 0.0998. The number of fused-ring (bicyclic) bond motifs is 3. The minimum Gasteiger partial charge on any atom is -0.341 e. The lowest BCUT2D eigenvalue weighted by atomic mass is 9.95. The van der Waals surface area contributed by atoms with Gasteiger partial charge in [-0.1, -0.05) is 131 Å². The molecule has 0 spiro atoms. The number of amides is 1. The van der Waals surface area contributed by atoms with Gasteiger partial charge in [0.25, 0.3) is 0 Å². The van der Waals surface area contributed by atoms with Crippen LogP contribution in [0, 0.1) is 0 Å². The van der Waals surface area contributed by atoms with E-state index in [0.717, 1.165) is 128 Å². The van der Waals surface area contributed by atoms with Crippen molar-refractivity contribution in [3.8, 4) is 33.6 Å². The van der Waals surface area contributed by atoms with E-state index in [0.29, 0.717) is 23.8 Å². The molecule has 0 radical (unpaired) electrons. The molecule has 1 unspecified atom stereocenters. The first-order valence-electron chi connectivity index (χ1n) is 24.0. The molecule has 3 aliphatic rings. The molecule has 0 bridgehead atoms. The minimum atomic E-state index is -0.683. The molecule has 2 aromatic heterocycles. The average molecular weight is 875 g/mol. The Morgan fingerprint density at radius 2 is 1.32 bits per heavy atom. The standard InChI is InChI=1S/C54H63FN8O2/c1-5-60(6-2)49(38-18-11-9-12-19-38)51(64)45-24-16-33-63(45)54-57-43-23-15-22-41-34-40(30-31-42(41)48(43)59-54)36-26-28-37(29-27-36)47-44(35-55)56-52(58-47)46-25-17-32-62(46)53(65)50(61(7-3)8-4)39-20-13-10-14-21-39/h9-14,18-21,26-31,34,45-46,49-50H,5-8,15-17,22-25,32-33,35H2,1-4H3,(H,56,58)(H,57,59)/t45?,46-,49+,50+/m0/s1. The van der Waals surface area contributed by atoms with Crippen molar-refractivity contribution in [1.82, 2.24) is 34.6 Å². The van der Waals surface area contributed by atoms with Crippen LogP contribution in [0.15, 0.2) is 103 Å². The number of carbonyl (C=O) groups is 2. The number of hydrogen-bond donors (Lipinski definition) is 2.